The van der Waals surface area contributed by atoms with Crippen molar-refractivity contribution < 1.29 is 19.1 Å². The number of halogens is 3. The first-order valence-electron chi connectivity index (χ1n) is 5.68. The summed E-state index contributed by atoms with van der Waals surface area (Å²) in [6.45, 7) is 0. The molecule has 0 heterocycles. The number of amides is 1. The number of carbonyl (C=O) groups excluding carboxylic acids is 1. The van der Waals surface area contributed by atoms with Crippen molar-refractivity contribution in [2.24, 2.45) is 0 Å². The van der Waals surface area contributed by atoms with Gasteiger partial charge in [0, 0.05) is 5.02 Å². The summed E-state index contributed by atoms with van der Waals surface area (Å²) in [6.07, 6.45) is 0. The van der Waals surface area contributed by atoms with E-state index in [1.165, 1.54) is 30.3 Å². The molecule has 2 aromatic rings. The minimum absolute atomic E-state index is 0.000304. The van der Waals surface area contributed by atoms with Gasteiger partial charge in [-0.1, -0.05) is 29.3 Å². The Bertz CT molecular complexity index is 734. The van der Waals surface area contributed by atoms with Crippen molar-refractivity contribution in [3.8, 4) is 0 Å². The van der Waals surface area contributed by atoms with Crippen molar-refractivity contribution >= 4 is 40.8 Å². The third-order valence-corrected chi connectivity index (χ3v) is 3.28. The Morgan fingerprint density at radius 3 is 2.48 bits per heavy atom. The summed E-state index contributed by atoms with van der Waals surface area (Å²) in [7, 11) is 0. The van der Waals surface area contributed by atoms with Crippen LogP contribution in [0.1, 0.15) is 20.7 Å². The highest BCUT2D eigenvalue weighted by Crippen LogP contribution is 2.24. The lowest BCUT2D eigenvalue weighted by Gasteiger charge is -2.10. The van der Waals surface area contributed by atoms with Crippen molar-refractivity contribution in [3.63, 3.8) is 0 Å². The van der Waals surface area contributed by atoms with Crippen molar-refractivity contribution in [1.29, 1.82) is 0 Å². The van der Waals surface area contributed by atoms with E-state index in [0.717, 1.165) is 6.07 Å². The third kappa shape index (κ3) is 3.32. The molecule has 0 saturated heterocycles. The quantitative estimate of drug-likeness (QED) is 0.892. The molecule has 0 aliphatic carbocycles. The third-order valence-electron chi connectivity index (χ3n) is 2.66. The predicted molar refractivity (Wildman–Crippen MR) is 77.8 cm³/mol. The molecular formula is C14H8Cl2FNO3. The molecule has 2 aromatic carbocycles. The second-order valence-electron chi connectivity index (χ2n) is 4.05. The number of rotatable bonds is 3. The molecule has 1 amide bonds. The SMILES string of the molecule is O=C(O)c1ccc(Cl)cc1NC(=O)c1cccc(F)c1Cl. The average Bonchev–Trinajstić information content (AvgIpc) is 2.41. The molecule has 108 valence electrons. The number of aromatic carboxylic acids is 1. The largest absolute Gasteiger partial charge is 0.478 e. The summed E-state index contributed by atoms with van der Waals surface area (Å²) < 4.78 is 13.3. The molecule has 0 aliphatic rings. The highest BCUT2D eigenvalue weighted by molar-refractivity contribution is 6.34. The first kappa shape index (κ1) is 15.3. The Labute approximate surface area is 129 Å². The van der Waals surface area contributed by atoms with Crippen LogP contribution in [0.5, 0.6) is 0 Å². The van der Waals surface area contributed by atoms with Crippen LogP contribution in [-0.2, 0) is 0 Å². The van der Waals surface area contributed by atoms with Gasteiger partial charge in [-0.3, -0.25) is 4.79 Å². The summed E-state index contributed by atoms with van der Waals surface area (Å²) >= 11 is 11.5. The summed E-state index contributed by atoms with van der Waals surface area (Å²) in [6, 6.07) is 7.69. The van der Waals surface area contributed by atoms with Gasteiger partial charge in [-0.05, 0) is 30.3 Å². The van der Waals surface area contributed by atoms with Gasteiger partial charge in [0.05, 0.1) is 21.8 Å². The summed E-state index contributed by atoms with van der Waals surface area (Å²) in [5, 5.41) is 11.3. The van der Waals surface area contributed by atoms with Crippen LogP contribution >= 0.6 is 23.2 Å². The molecule has 0 radical (unpaired) electrons. The van der Waals surface area contributed by atoms with Crippen LogP contribution in [0.2, 0.25) is 10.0 Å². The second kappa shape index (κ2) is 6.11. The number of benzene rings is 2. The molecule has 7 heteroatoms. The maximum atomic E-state index is 13.3. The molecule has 2 N–H and O–H groups in total. The second-order valence-corrected chi connectivity index (χ2v) is 4.86. The number of carboxylic acids is 1. The van der Waals surface area contributed by atoms with Gasteiger partial charge < -0.3 is 10.4 Å². The highest BCUT2D eigenvalue weighted by Gasteiger charge is 2.17. The van der Waals surface area contributed by atoms with Crippen LogP contribution in [0, 0.1) is 5.82 Å². The Morgan fingerprint density at radius 1 is 1.10 bits per heavy atom. The molecule has 21 heavy (non-hydrogen) atoms. The molecule has 0 saturated carbocycles. The lowest BCUT2D eigenvalue weighted by Crippen LogP contribution is -2.15. The van der Waals surface area contributed by atoms with E-state index in [0.29, 0.717) is 0 Å². The standard InChI is InChI=1S/C14H8Cl2FNO3/c15-7-4-5-8(14(20)21)11(6-7)18-13(19)9-2-1-3-10(17)12(9)16/h1-6H,(H,18,19)(H,20,21). The van der Waals surface area contributed by atoms with Gasteiger partial charge in [0.15, 0.2) is 0 Å². The molecule has 0 atom stereocenters. The fraction of sp³-hybridized carbons (Fsp3) is 0. The van der Waals surface area contributed by atoms with E-state index in [1.807, 2.05) is 0 Å². The van der Waals surface area contributed by atoms with Crippen LogP contribution in [0.3, 0.4) is 0 Å². The minimum atomic E-state index is -1.23. The van der Waals surface area contributed by atoms with Crippen molar-refractivity contribution in [2.45, 2.75) is 0 Å². The van der Waals surface area contributed by atoms with Gasteiger partial charge >= 0.3 is 5.97 Å². The lowest BCUT2D eigenvalue weighted by molar-refractivity contribution is 0.0698. The van der Waals surface area contributed by atoms with Gasteiger partial charge in [-0.25, -0.2) is 9.18 Å². The molecule has 4 nitrogen and oxygen atoms in total. The summed E-state index contributed by atoms with van der Waals surface area (Å²) in [5.41, 5.74) is -0.242. The Kier molecular flexibility index (Phi) is 4.45. The zero-order chi connectivity index (χ0) is 15.6. The Morgan fingerprint density at radius 2 is 1.81 bits per heavy atom. The maximum absolute atomic E-state index is 13.3. The van der Waals surface area contributed by atoms with Gasteiger partial charge in [-0.2, -0.15) is 0 Å². The highest BCUT2D eigenvalue weighted by atomic mass is 35.5. The number of hydrogen-bond donors (Lipinski definition) is 2. The van der Waals surface area contributed by atoms with Crippen molar-refractivity contribution in [3.05, 3.63) is 63.4 Å². The molecule has 0 aromatic heterocycles. The number of anilines is 1. The topological polar surface area (TPSA) is 66.4 Å². The number of nitrogens with one attached hydrogen (secondary N) is 1. The Hall–Kier alpha value is -2.11. The fourth-order valence-electron chi connectivity index (χ4n) is 1.68. The first-order chi connectivity index (χ1) is 9.90. The molecule has 0 unspecified atom stereocenters. The van der Waals surface area contributed by atoms with Crippen molar-refractivity contribution in [2.75, 3.05) is 5.32 Å². The zero-order valence-corrected chi connectivity index (χ0v) is 11.9. The van der Waals surface area contributed by atoms with E-state index >= 15 is 0 Å². The van der Waals surface area contributed by atoms with E-state index in [1.54, 1.807) is 0 Å². The van der Waals surface area contributed by atoms with E-state index < -0.39 is 17.7 Å². The molecule has 0 aliphatic heterocycles. The van der Waals surface area contributed by atoms with Crippen LogP contribution in [0.25, 0.3) is 0 Å². The predicted octanol–water partition coefficient (Wildman–Crippen LogP) is 4.08. The molecule has 2 rings (SSSR count). The summed E-state index contributed by atoms with van der Waals surface area (Å²) in [5.74, 6) is -2.70. The normalized spacial score (nSPS) is 10.2. The number of hydrogen-bond acceptors (Lipinski definition) is 2. The van der Waals surface area contributed by atoms with E-state index in [-0.39, 0.29) is 26.9 Å². The lowest BCUT2D eigenvalue weighted by atomic mass is 10.1. The zero-order valence-electron chi connectivity index (χ0n) is 10.4. The first-order valence-corrected chi connectivity index (χ1v) is 6.44. The van der Waals surface area contributed by atoms with Gasteiger partial charge in [0.25, 0.3) is 5.91 Å². The van der Waals surface area contributed by atoms with Crippen LogP contribution in [-0.4, -0.2) is 17.0 Å². The maximum Gasteiger partial charge on any atom is 0.337 e. The van der Waals surface area contributed by atoms with Crippen LogP contribution in [0.15, 0.2) is 36.4 Å². The minimum Gasteiger partial charge on any atom is -0.478 e. The van der Waals surface area contributed by atoms with Gasteiger partial charge in [-0.15, -0.1) is 0 Å². The summed E-state index contributed by atoms with van der Waals surface area (Å²) in [4.78, 5) is 23.2. The van der Waals surface area contributed by atoms with E-state index in [9.17, 15) is 14.0 Å². The Balaban J connectivity index is 2.38. The van der Waals surface area contributed by atoms with Gasteiger partial charge in [0.2, 0.25) is 0 Å². The van der Waals surface area contributed by atoms with E-state index in [4.69, 9.17) is 28.3 Å². The number of carboxylic acid groups (broad SMARTS) is 1. The van der Waals surface area contributed by atoms with Gasteiger partial charge in [0.1, 0.15) is 5.82 Å². The van der Waals surface area contributed by atoms with Crippen LogP contribution in [0.4, 0.5) is 10.1 Å². The molecule has 0 spiro atoms. The smallest absolute Gasteiger partial charge is 0.337 e. The van der Waals surface area contributed by atoms with Crippen molar-refractivity contribution in [1.82, 2.24) is 0 Å². The molecular weight excluding hydrogens is 320 g/mol. The number of carbonyl (C=O) groups is 2. The van der Waals surface area contributed by atoms with Crippen LogP contribution < -0.4 is 5.32 Å². The average molecular weight is 328 g/mol. The van der Waals surface area contributed by atoms with E-state index in [2.05, 4.69) is 5.32 Å². The molecule has 0 bridgehead atoms. The molecule has 0 fully saturated rings. The fourth-order valence-corrected chi connectivity index (χ4v) is 2.06. The monoisotopic (exact) mass is 327 g/mol.